The first-order valence-electron chi connectivity index (χ1n) is 12.5. The van der Waals surface area contributed by atoms with E-state index in [-0.39, 0.29) is 31.4 Å². The molecule has 2 saturated carbocycles. The van der Waals surface area contributed by atoms with E-state index in [1.165, 1.54) is 11.1 Å². The normalized spacial score (nSPS) is 19.2. The molecule has 2 amide bonds. The van der Waals surface area contributed by atoms with Crippen LogP contribution in [-0.4, -0.2) is 41.8 Å². The van der Waals surface area contributed by atoms with Crippen LogP contribution in [-0.2, 0) is 14.3 Å². The zero-order chi connectivity index (χ0) is 24.5. The van der Waals surface area contributed by atoms with Crippen molar-refractivity contribution in [2.75, 3.05) is 13.2 Å². The third kappa shape index (κ3) is 4.51. The number of hydrogen-bond donors (Lipinski definition) is 3. The van der Waals surface area contributed by atoms with Gasteiger partial charge in [-0.05, 0) is 54.4 Å². The van der Waals surface area contributed by atoms with E-state index >= 15 is 0 Å². The summed E-state index contributed by atoms with van der Waals surface area (Å²) in [5.41, 5.74) is 3.28. The number of alkyl carbamates (subject to hydrolysis) is 1. The molecule has 0 atom stereocenters. The highest BCUT2D eigenvalue weighted by atomic mass is 16.5. The fourth-order valence-corrected chi connectivity index (χ4v) is 6.04. The monoisotopic (exact) mass is 476 g/mol. The first-order valence-corrected chi connectivity index (χ1v) is 12.5. The molecule has 0 radical (unpaired) electrons. The molecule has 3 N–H and O–H groups in total. The van der Waals surface area contributed by atoms with E-state index in [0.29, 0.717) is 25.7 Å². The maximum absolute atomic E-state index is 13.3. The summed E-state index contributed by atoms with van der Waals surface area (Å²) in [6.45, 7) is 0.416. The van der Waals surface area contributed by atoms with Crippen LogP contribution >= 0.6 is 0 Å². The number of nitrogens with one attached hydrogen (secondary N) is 2. The quantitative estimate of drug-likeness (QED) is 0.517. The van der Waals surface area contributed by atoms with Crippen molar-refractivity contribution in [3.63, 3.8) is 0 Å². The summed E-state index contributed by atoms with van der Waals surface area (Å²) < 4.78 is 5.65. The number of rotatable bonds is 8. The lowest BCUT2D eigenvalue weighted by atomic mass is 9.73. The number of benzene rings is 2. The SMILES string of the molecule is O=C(O)CC1(NC(=O)C2(CNC(=O)OCC3c4ccccc4-c4ccccc43)CCCC2)CCC1. The van der Waals surface area contributed by atoms with Gasteiger partial charge in [0.05, 0.1) is 17.4 Å². The first-order chi connectivity index (χ1) is 16.9. The van der Waals surface area contributed by atoms with E-state index in [2.05, 4.69) is 34.9 Å². The summed E-state index contributed by atoms with van der Waals surface area (Å²) in [5, 5.41) is 15.2. The van der Waals surface area contributed by atoms with Crippen LogP contribution < -0.4 is 10.6 Å². The fraction of sp³-hybridized carbons (Fsp3) is 0.464. The van der Waals surface area contributed by atoms with E-state index < -0.39 is 23.0 Å². The molecular formula is C28H32N2O5. The lowest BCUT2D eigenvalue weighted by Gasteiger charge is -2.44. The van der Waals surface area contributed by atoms with Crippen LogP contribution in [0.2, 0.25) is 0 Å². The smallest absolute Gasteiger partial charge is 0.407 e. The summed E-state index contributed by atoms with van der Waals surface area (Å²) in [6, 6.07) is 16.4. The third-order valence-corrected chi connectivity index (χ3v) is 8.14. The Bertz CT molecular complexity index is 1090. The van der Waals surface area contributed by atoms with Crippen molar-refractivity contribution in [3.8, 4) is 11.1 Å². The van der Waals surface area contributed by atoms with Crippen LogP contribution in [0.15, 0.2) is 48.5 Å². The summed E-state index contributed by atoms with van der Waals surface area (Å²) in [5.74, 6) is -1.07. The van der Waals surface area contributed by atoms with Crippen molar-refractivity contribution in [2.24, 2.45) is 5.41 Å². The van der Waals surface area contributed by atoms with Crippen molar-refractivity contribution in [1.29, 1.82) is 0 Å². The van der Waals surface area contributed by atoms with Gasteiger partial charge in [-0.15, -0.1) is 0 Å². The highest BCUT2D eigenvalue weighted by Crippen LogP contribution is 2.45. The molecule has 0 spiro atoms. The fourth-order valence-electron chi connectivity index (χ4n) is 6.04. The van der Waals surface area contributed by atoms with Gasteiger partial charge in [-0.25, -0.2) is 4.79 Å². The van der Waals surface area contributed by atoms with Crippen LogP contribution in [0.1, 0.15) is 68.4 Å². The molecule has 0 aromatic heterocycles. The van der Waals surface area contributed by atoms with Gasteiger partial charge in [0.25, 0.3) is 0 Å². The highest BCUT2D eigenvalue weighted by molar-refractivity contribution is 5.85. The second-order valence-electron chi connectivity index (χ2n) is 10.3. The number of carboxylic acids is 1. The number of fused-ring (bicyclic) bond motifs is 3. The summed E-state index contributed by atoms with van der Waals surface area (Å²) in [6.07, 6.45) is 4.85. The Hall–Kier alpha value is -3.35. The zero-order valence-electron chi connectivity index (χ0n) is 19.8. The Labute approximate surface area is 205 Å². The molecule has 0 bridgehead atoms. The van der Waals surface area contributed by atoms with Crippen molar-refractivity contribution in [2.45, 2.75) is 62.8 Å². The Balaban J connectivity index is 1.21. The number of carbonyl (C=O) groups is 3. The Kier molecular flexibility index (Phi) is 6.26. The molecule has 0 heterocycles. The van der Waals surface area contributed by atoms with Crippen molar-refractivity contribution < 1.29 is 24.2 Å². The average molecular weight is 477 g/mol. The largest absolute Gasteiger partial charge is 0.481 e. The van der Waals surface area contributed by atoms with Gasteiger partial charge in [-0.3, -0.25) is 9.59 Å². The molecule has 184 valence electrons. The molecule has 7 nitrogen and oxygen atoms in total. The average Bonchev–Trinajstić information content (AvgIpc) is 3.44. The topological polar surface area (TPSA) is 105 Å². The van der Waals surface area contributed by atoms with Gasteiger partial charge in [0.1, 0.15) is 6.61 Å². The van der Waals surface area contributed by atoms with Crippen LogP contribution in [0.25, 0.3) is 11.1 Å². The lowest BCUT2D eigenvalue weighted by molar-refractivity contribution is -0.141. The summed E-state index contributed by atoms with van der Waals surface area (Å²) in [4.78, 5) is 37.3. The minimum absolute atomic E-state index is 0.0219. The van der Waals surface area contributed by atoms with E-state index in [0.717, 1.165) is 30.4 Å². The summed E-state index contributed by atoms with van der Waals surface area (Å²) in [7, 11) is 0. The number of hydrogen-bond acceptors (Lipinski definition) is 4. The molecule has 7 heteroatoms. The van der Waals surface area contributed by atoms with Crippen LogP contribution in [0.3, 0.4) is 0 Å². The Morgan fingerprint density at radius 2 is 1.49 bits per heavy atom. The Morgan fingerprint density at radius 3 is 2.03 bits per heavy atom. The predicted octanol–water partition coefficient (Wildman–Crippen LogP) is 4.60. The second-order valence-corrected chi connectivity index (χ2v) is 10.3. The molecule has 2 fully saturated rings. The number of amides is 2. The highest BCUT2D eigenvalue weighted by Gasteiger charge is 2.47. The second kappa shape index (κ2) is 9.36. The van der Waals surface area contributed by atoms with Gasteiger partial charge >= 0.3 is 12.1 Å². The molecule has 0 aliphatic heterocycles. The van der Waals surface area contributed by atoms with E-state index in [1.54, 1.807) is 0 Å². The van der Waals surface area contributed by atoms with Gasteiger partial charge in [0.2, 0.25) is 5.91 Å². The number of carbonyl (C=O) groups excluding carboxylic acids is 2. The molecule has 3 aliphatic rings. The van der Waals surface area contributed by atoms with Crippen LogP contribution in [0.4, 0.5) is 4.79 Å². The lowest BCUT2D eigenvalue weighted by Crippen LogP contribution is -2.59. The molecule has 2 aromatic carbocycles. The van der Waals surface area contributed by atoms with Gasteiger partial charge in [-0.1, -0.05) is 61.4 Å². The maximum atomic E-state index is 13.3. The standard InChI is InChI=1S/C28H32N2O5/c31-24(32)16-28(14-7-15-28)30-25(33)27(12-5-6-13-27)18-29-26(34)35-17-23-21-10-3-1-8-19(21)20-9-2-4-11-22(20)23/h1-4,8-11,23H,5-7,12-18H2,(H,29,34)(H,30,33)(H,31,32). The van der Waals surface area contributed by atoms with E-state index in [1.807, 2.05) is 24.3 Å². The number of ether oxygens (including phenoxy) is 1. The minimum Gasteiger partial charge on any atom is -0.481 e. The minimum atomic E-state index is -0.901. The van der Waals surface area contributed by atoms with Crippen molar-refractivity contribution >= 4 is 18.0 Å². The van der Waals surface area contributed by atoms with Crippen LogP contribution in [0, 0.1) is 5.41 Å². The number of aliphatic carboxylic acids is 1. The summed E-state index contributed by atoms with van der Waals surface area (Å²) >= 11 is 0. The molecule has 2 aromatic rings. The Morgan fingerprint density at radius 1 is 0.886 bits per heavy atom. The van der Waals surface area contributed by atoms with E-state index in [9.17, 15) is 19.5 Å². The predicted molar refractivity (Wildman–Crippen MR) is 131 cm³/mol. The molecule has 3 aliphatic carbocycles. The zero-order valence-corrected chi connectivity index (χ0v) is 19.8. The maximum Gasteiger partial charge on any atom is 0.407 e. The first kappa shape index (κ1) is 23.4. The van der Waals surface area contributed by atoms with Gasteiger partial charge in [0, 0.05) is 12.5 Å². The van der Waals surface area contributed by atoms with Gasteiger partial charge < -0.3 is 20.5 Å². The molecule has 0 unspecified atom stereocenters. The van der Waals surface area contributed by atoms with Crippen molar-refractivity contribution in [3.05, 3.63) is 59.7 Å². The van der Waals surface area contributed by atoms with E-state index in [4.69, 9.17) is 4.74 Å². The van der Waals surface area contributed by atoms with Crippen molar-refractivity contribution in [1.82, 2.24) is 10.6 Å². The van der Waals surface area contributed by atoms with Gasteiger partial charge in [0.15, 0.2) is 0 Å². The van der Waals surface area contributed by atoms with Crippen LogP contribution in [0.5, 0.6) is 0 Å². The third-order valence-electron chi connectivity index (χ3n) is 8.14. The molecule has 0 saturated heterocycles. The molecular weight excluding hydrogens is 444 g/mol. The molecule has 5 rings (SSSR count). The number of carboxylic acid groups (broad SMARTS) is 1. The van der Waals surface area contributed by atoms with Gasteiger partial charge in [-0.2, -0.15) is 0 Å². The molecule has 35 heavy (non-hydrogen) atoms.